The topological polar surface area (TPSA) is 68.5 Å². The zero-order valence-electron chi connectivity index (χ0n) is 14.2. The van der Waals surface area contributed by atoms with Crippen molar-refractivity contribution >= 4 is 22.7 Å². The molecule has 0 fully saturated rings. The number of aromatic nitrogens is 1. The molecule has 26 heavy (non-hydrogen) atoms. The maximum absolute atomic E-state index is 12.1. The van der Waals surface area contributed by atoms with Crippen molar-refractivity contribution < 1.29 is 19.4 Å². The van der Waals surface area contributed by atoms with E-state index in [9.17, 15) is 9.59 Å². The highest BCUT2D eigenvalue weighted by Gasteiger charge is 2.21. The van der Waals surface area contributed by atoms with Gasteiger partial charge in [-0.15, -0.1) is 0 Å². The van der Waals surface area contributed by atoms with Crippen molar-refractivity contribution in [2.45, 2.75) is 13.0 Å². The number of rotatable bonds is 8. The molecule has 0 unspecified atom stereocenters. The van der Waals surface area contributed by atoms with Gasteiger partial charge in [0.2, 0.25) is 0 Å². The fraction of sp³-hybridized carbons (Fsp3) is 0.143. The summed E-state index contributed by atoms with van der Waals surface area (Å²) in [5.41, 5.74) is 2.15. The number of ether oxygens (including phenoxy) is 1. The predicted molar refractivity (Wildman–Crippen MR) is 99.7 cm³/mol. The van der Waals surface area contributed by atoms with Crippen LogP contribution >= 0.6 is 0 Å². The molecule has 5 nitrogen and oxygen atoms in total. The molecule has 0 aliphatic rings. The Bertz CT molecular complexity index is 957. The van der Waals surface area contributed by atoms with Crippen molar-refractivity contribution in [1.29, 1.82) is 0 Å². The minimum absolute atomic E-state index is 0.171. The lowest BCUT2D eigenvalue weighted by Gasteiger charge is -2.07. The van der Waals surface area contributed by atoms with Crippen LogP contribution in [-0.2, 0) is 17.8 Å². The first kappa shape index (κ1) is 17.5. The summed E-state index contributed by atoms with van der Waals surface area (Å²) >= 11 is 0. The van der Waals surface area contributed by atoms with Crippen LogP contribution in [0.1, 0.15) is 15.9 Å². The number of fused-ring (bicyclic) bond motifs is 1. The highest BCUT2D eigenvalue weighted by atomic mass is 16.5. The molecule has 0 aliphatic heterocycles. The van der Waals surface area contributed by atoms with Crippen LogP contribution in [0.4, 0.5) is 0 Å². The van der Waals surface area contributed by atoms with E-state index in [4.69, 9.17) is 9.84 Å². The molecule has 1 heterocycles. The molecule has 3 rings (SSSR count). The first-order valence-electron chi connectivity index (χ1n) is 8.28. The molecule has 0 atom stereocenters. The molecule has 0 aliphatic carbocycles. The molecule has 5 heteroatoms. The van der Waals surface area contributed by atoms with Gasteiger partial charge >= 0.3 is 5.97 Å². The van der Waals surface area contributed by atoms with Crippen molar-refractivity contribution in [2.24, 2.45) is 0 Å². The van der Waals surface area contributed by atoms with Crippen LogP contribution in [0, 0.1) is 0 Å². The molecule has 0 radical (unpaired) electrons. The number of aryl methyl sites for hydroxylation is 2. The monoisotopic (exact) mass is 349 g/mol. The Morgan fingerprint density at radius 2 is 1.92 bits per heavy atom. The Morgan fingerprint density at radius 3 is 2.62 bits per heavy atom. The highest BCUT2D eigenvalue weighted by molar-refractivity contribution is 6.42. The standard InChI is InChI=1S/C21H19NO4/c1-2-12-26-16-8-9-19-17(13-16)18(20(23)21(24)25)14-22(19)11-10-15-6-4-3-5-7-15/h2-9,13-14H,1,10-12H2,(H,24,25). The van der Waals surface area contributed by atoms with Gasteiger partial charge in [0.15, 0.2) is 0 Å². The van der Waals surface area contributed by atoms with Crippen LogP contribution in [0.25, 0.3) is 10.9 Å². The van der Waals surface area contributed by atoms with Gasteiger partial charge in [0.1, 0.15) is 12.4 Å². The second-order valence-electron chi connectivity index (χ2n) is 5.88. The number of carbonyl (C=O) groups is 2. The highest BCUT2D eigenvalue weighted by Crippen LogP contribution is 2.27. The van der Waals surface area contributed by atoms with E-state index in [2.05, 4.69) is 6.58 Å². The Balaban J connectivity index is 1.98. The van der Waals surface area contributed by atoms with Gasteiger partial charge in [-0.05, 0) is 30.2 Å². The van der Waals surface area contributed by atoms with Crippen molar-refractivity contribution in [2.75, 3.05) is 6.61 Å². The third-order valence-electron chi connectivity index (χ3n) is 4.14. The fourth-order valence-corrected chi connectivity index (χ4v) is 2.90. The number of hydrogen-bond donors (Lipinski definition) is 1. The third-order valence-corrected chi connectivity index (χ3v) is 4.14. The van der Waals surface area contributed by atoms with Gasteiger partial charge in [-0.1, -0.05) is 43.0 Å². The van der Waals surface area contributed by atoms with Gasteiger partial charge in [-0.3, -0.25) is 4.79 Å². The summed E-state index contributed by atoms with van der Waals surface area (Å²) in [5, 5.41) is 9.70. The van der Waals surface area contributed by atoms with Crippen LogP contribution in [0.3, 0.4) is 0 Å². The van der Waals surface area contributed by atoms with Crippen LogP contribution < -0.4 is 4.74 Å². The summed E-state index contributed by atoms with van der Waals surface area (Å²) in [4.78, 5) is 23.3. The molecule has 0 saturated heterocycles. The summed E-state index contributed by atoms with van der Waals surface area (Å²) in [5.74, 6) is -1.82. The molecule has 1 N–H and O–H groups in total. The van der Waals surface area contributed by atoms with Crippen LogP contribution in [0.15, 0.2) is 67.4 Å². The lowest BCUT2D eigenvalue weighted by Crippen LogP contribution is -2.12. The number of carboxylic acids is 1. The maximum Gasteiger partial charge on any atom is 0.377 e. The molecule has 0 spiro atoms. The lowest BCUT2D eigenvalue weighted by molar-refractivity contribution is -0.131. The second kappa shape index (κ2) is 7.70. The molecular weight excluding hydrogens is 330 g/mol. The Labute approximate surface area is 151 Å². The van der Waals surface area contributed by atoms with Crippen molar-refractivity contribution in [3.8, 4) is 5.75 Å². The van der Waals surface area contributed by atoms with E-state index in [1.807, 2.05) is 41.0 Å². The number of aliphatic carboxylic acids is 1. The first-order valence-corrected chi connectivity index (χ1v) is 8.28. The molecule has 0 amide bonds. The summed E-state index contributed by atoms with van der Waals surface area (Å²) in [6.07, 6.45) is 4.01. The molecule has 1 aromatic heterocycles. The summed E-state index contributed by atoms with van der Waals surface area (Å²) in [7, 11) is 0. The van der Waals surface area contributed by atoms with Crippen LogP contribution in [0.2, 0.25) is 0 Å². The van der Waals surface area contributed by atoms with E-state index in [0.717, 1.165) is 11.9 Å². The van der Waals surface area contributed by atoms with Gasteiger partial charge in [-0.2, -0.15) is 0 Å². The number of Topliss-reactive ketones (excluding diaryl/α,β-unsaturated/α-hetero) is 1. The summed E-state index contributed by atoms with van der Waals surface area (Å²) < 4.78 is 7.42. The number of hydrogen-bond acceptors (Lipinski definition) is 3. The van der Waals surface area contributed by atoms with Crippen molar-refractivity contribution in [3.05, 3.63) is 78.5 Å². The smallest absolute Gasteiger partial charge is 0.377 e. The number of carbonyl (C=O) groups excluding carboxylic acids is 1. The van der Waals surface area contributed by atoms with E-state index in [1.165, 1.54) is 5.56 Å². The minimum atomic E-state index is -1.47. The predicted octanol–water partition coefficient (Wildman–Crippen LogP) is 3.72. The van der Waals surface area contributed by atoms with E-state index in [1.54, 1.807) is 24.4 Å². The van der Waals surface area contributed by atoms with Gasteiger partial charge in [0.25, 0.3) is 5.78 Å². The molecule has 132 valence electrons. The number of benzene rings is 2. The van der Waals surface area contributed by atoms with E-state index in [-0.39, 0.29) is 5.56 Å². The van der Waals surface area contributed by atoms with Gasteiger partial charge in [0, 0.05) is 23.6 Å². The van der Waals surface area contributed by atoms with Gasteiger partial charge in [-0.25, -0.2) is 4.79 Å². The SMILES string of the molecule is C=CCOc1ccc2c(c1)c(C(=O)C(=O)O)cn2CCc1ccccc1. The van der Waals surface area contributed by atoms with Crippen LogP contribution in [0.5, 0.6) is 5.75 Å². The van der Waals surface area contributed by atoms with Gasteiger partial charge < -0.3 is 14.4 Å². The second-order valence-corrected chi connectivity index (χ2v) is 5.88. The molecule has 2 aromatic carbocycles. The third kappa shape index (κ3) is 3.67. The zero-order valence-corrected chi connectivity index (χ0v) is 14.2. The molecule has 0 bridgehead atoms. The molecular formula is C21H19NO4. The van der Waals surface area contributed by atoms with Crippen molar-refractivity contribution in [1.82, 2.24) is 4.57 Å². The Hall–Kier alpha value is -3.34. The summed E-state index contributed by atoms with van der Waals surface area (Å²) in [6, 6.07) is 15.3. The fourth-order valence-electron chi connectivity index (χ4n) is 2.90. The normalized spacial score (nSPS) is 10.6. The van der Waals surface area contributed by atoms with E-state index in [0.29, 0.717) is 24.3 Å². The van der Waals surface area contributed by atoms with Crippen LogP contribution in [-0.4, -0.2) is 28.0 Å². The van der Waals surface area contributed by atoms with Gasteiger partial charge in [0.05, 0.1) is 5.56 Å². The minimum Gasteiger partial charge on any atom is -0.490 e. The Kier molecular flexibility index (Phi) is 5.17. The molecule has 0 saturated carbocycles. The lowest BCUT2D eigenvalue weighted by atomic mass is 10.1. The average molecular weight is 349 g/mol. The average Bonchev–Trinajstić information content (AvgIpc) is 3.02. The number of carboxylic acid groups (broad SMARTS) is 1. The largest absolute Gasteiger partial charge is 0.490 e. The van der Waals surface area contributed by atoms with E-state index >= 15 is 0 Å². The summed E-state index contributed by atoms with van der Waals surface area (Å²) in [6.45, 7) is 4.58. The molecule has 3 aromatic rings. The number of ketones is 1. The first-order chi connectivity index (χ1) is 12.6. The van der Waals surface area contributed by atoms with E-state index < -0.39 is 11.8 Å². The quantitative estimate of drug-likeness (QED) is 0.382. The maximum atomic E-state index is 12.1. The van der Waals surface area contributed by atoms with Crippen molar-refractivity contribution in [3.63, 3.8) is 0 Å². The Morgan fingerprint density at radius 1 is 1.15 bits per heavy atom. The number of nitrogens with zero attached hydrogens (tertiary/aromatic N) is 1. The zero-order chi connectivity index (χ0) is 18.5.